The maximum atomic E-state index is 11.2. The van der Waals surface area contributed by atoms with Crippen LogP contribution in [0, 0.1) is 0 Å². The van der Waals surface area contributed by atoms with Crippen LogP contribution in [0.25, 0.3) is 5.52 Å². The van der Waals surface area contributed by atoms with Crippen LogP contribution in [0.3, 0.4) is 0 Å². The molecule has 2 aromatic rings. The monoisotopic (exact) mass is 219 g/mol. The zero-order valence-corrected chi connectivity index (χ0v) is 8.85. The van der Waals surface area contributed by atoms with Gasteiger partial charge >= 0.3 is 5.69 Å². The summed E-state index contributed by atoms with van der Waals surface area (Å²) in [5.41, 5.74) is 1.77. The predicted molar refractivity (Wildman–Crippen MR) is 58.6 cm³/mol. The molecule has 5 nitrogen and oxygen atoms in total. The maximum absolute atomic E-state index is 11.2. The van der Waals surface area contributed by atoms with E-state index in [4.69, 9.17) is 4.74 Å². The van der Waals surface area contributed by atoms with Gasteiger partial charge in [-0.05, 0) is 25.0 Å². The standard InChI is InChI=1S/C11H13N3O2/c15-11-12-7-9-1-2-10(14(9)13-11)8-3-5-16-6-4-8/h1-2,7-8H,3-6H2,(H,13,15). The predicted octanol–water partition coefficient (Wildman–Crippen LogP) is 0.917. The maximum Gasteiger partial charge on any atom is 0.360 e. The van der Waals surface area contributed by atoms with Gasteiger partial charge in [-0.3, -0.25) is 4.52 Å². The Morgan fingerprint density at radius 1 is 1.38 bits per heavy atom. The largest absolute Gasteiger partial charge is 0.381 e. The molecule has 0 radical (unpaired) electrons. The normalized spacial score (nSPS) is 18.0. The highest BCUT2D eigenvalue weighted by molar-refractivity contribution is 5.46. The number of nitrogens with one attached hydrogen (secondary N) is 1. The number of hydrogen-bond donors (Lipinski definition) is 1. The molecule has 1 saturated heterocycles. The fourth-order valence-electron chi connectivity index (χ4n) is 2.26. The molecule has 3 rings (SSSR count). The van der Waals surface area contributed by atoms with Crippen LogP contribution in [0.4, 0.5) is 0 Å². The lowest BCUT2D eigenvalue weighted by Gasteiger charge is -2.21. The van der Waals surface area contributed by atoms with E-state index in [1.165, 1.54) is 0 Å². The van der Waals surface area contributed by atoms with Gasteiger partial charge in [-0.25, -0.2) is 9.89 Å². The van der Waals surface area contributed by atoms with E-state index in [9.17, 15) is 4.79 Å². The first kappa shape index (κ1) is 9.59. The first-order valence-electron chi connectivity index (χ1n) is 5.49. The fourth-order valence-corrected chi connectivity index (χ4v) is 2.26. The molecule has 0 aromatic carbocycles. The Morgan fingerprint density at radius 3 is 3.00 bits per heavy atom. The van der Waals surface area contributed by atoms with Gasteiger partial charge in [0.1, 0.15) is 0 Å². The molecule has 0 bridgehead atoms. The molecule has 5 heteroatoms. The van der Waals surface area contributed by atoms with Crippen molar-refractivity contribution in [1.82, 2.24) is 14.6 Å². The number of hydrogen-bond acceptors (Lipinski definition) is 3. The van der Waals surface area contributed by atoms with Gasteiger partial charge in [0, 0.05) is 24.8 Å². The van der Waals surface area contributed by atoms with Crippen LogP contribution in [0.15, 0.2) is 23.1 Å². The first-order valence-corrected chi connectivity index (χ1v) is 5.49. The van der Waals surface area contributed by atoms with E-state index < -0.39 is 0 Å². The number of aromatic nitrogens is 3. The van der Waals surface area contributed by atoms with Crippen molar-refractivity contribution in [3.05, 3.63) is 34.5 Å². The quantitative estimate of drug-likeness (QED) is 0.775. The summed E-state index contributed by atoms with van der Waals surface area (Å²) in [5, 5.41) is 2.74. The van der Waals surface area contributed by atoms with Crippen LogP contribution in [-0.4, -0.2) is 27.8 Å². The molecule has 3 heterocycles. The Hall–Kier alpha value is -1.62. The van der Waals surface area contributed by atoms with Gasteiger partial charge in [0.15, 0.2) is 0 Å². The van der Waals surface area contributed by atoms with Crippen LogP contribution in [0.5, 0.6) is 0 Å². The molecular weight excluding hydrogens is 206 g/mol. The lowest BCUT2D eigenvalue weighted by molar-refractivity contribution is 0.0841. The molecule has 0 unspecified atom stereocenters. The number of aromatic amines is 1. The third kappa shape index (κ3) is 1.53. The van der Waals surface area contributed by atoms with E-state index in [1.54, 1.807) is 6.20 Å². The molecule has 2 aromatic heterocycles. The van der Waals surface area contributed by atoms with E-state index in [-0.39, 0.29) is 5.69 Å². The summed E-state index contributed by atoms with van der Waals surface area (Å²) in [6, 6.07) is 4.04. The molecule has 0 saturated carbocycles. The van der Waals surface area contributed by atoms with Crippen molar-refractivity contribution in [2.75, 3.05) is 13.2 Å². The molecule has 84 valence electrons. The Labute approximate surface area is 92.1 Å². The van der Waals surface area contributed by atoms with Crippen molar-refractivity contribution < 1.29 is 4.74 Å². The molecule has 1 fully saturated rings. The summed E-state index contributed by atoms with van der Waals surface area (Å²) in [7, 11) is 0. The Kier molecular flexibility index (Phi) is 2.25. The molecule has 0 atom stereocenters. The average molecular weight is 219 g/mol. The van der Waals surface area contributed by atoms with E-state index in [0.717, 1.165) is 37.3 Å². The highest BCUT2D eigenvalue weighted by Crippen LogP contribution is 2.27. The third-order valence-electron chi connectivity index (χ3n) is 3.10. The minimum absolute atomic E-state index is 0.308. The van der Waals surface area contributed by atoms with Gasteiger partial charge in [-0.15, -0.1) is 0 Å². The molecule has 16 heavy (non-hydrogen) atoms. The van der Waals surface area contributed by atoms with Gasteiger partial charge in [-0.2, -0.15) is 4.98 Å². The molecule has 1 aliphatic heterocycles. The molecule has 0 aliphatic carbocycles. The second kappa shape index (κ2) is 3.75. The molecule has 0 spiro atoms. The Bertz CT molecular complexity index is 552. The van der Waals surface area contributed by atoms with Gasteiger partial charge < -0.3 is 4.74 Å². The summed E-state index contributed by atoms with van der Waals surface area (Å²) in [6.07, 6.45) is 3.62. The third-order valence-corrected chi connectivity index (χ3v) is 3.10. The van der Waals surface area contributed by atoms with Gasteiger partial charge in [0.25, 0.3) is 0 Å². The fraction of sp³-hybridized carbons (Fsp3) is 0.455. The number of rotatable bonds is 1. The van der Waals surface area contributed by atoms with E-state index in [2.05, 4.69) is 16.1 Å². The summed E-state index contributed by atoms with van der Waals surface area (Å²) in [6.45, 7) is 1.60. The molecule has 0 amide bonds. The van der Waals surface area contributed by atoms with Gasteiger partial charge in [0.05, 0.1) is 11.7 Å². The summed E-state index contributed by atoms with van der Waals surface area (Å²) >= 11 is 0. The topological polar surface area (TPSA) is 59.4 Å². The van der Waals surface area contributed by atoms with Crippen LogP contribution in [0.1, 0.15) is 24.5 Å². The average Bonchev–Trinajstić information content (AvgIpc) is 2.73. The molecule has 1 aliphatic rings. The lowest BCUT2D eigenvalue weighted by Crippen LogP contribution is -2.19. The van der Waals surface area contributed by atoms with E-state index in [1.807, 2.05) is 10.6 Å². The Morgan fingerprint density at radius 2 is 2.19 bits per heavy atom. The number of ether oxygens (including phenoxy) is 1. The van der Waals surface area contributed by atoms with Crippen LogP contribution < -0.4 is 5.69 Å². The Balaban J connectivity index is 2.08. The van der Waals surface area contributed by atoms with Crippen molar-refractivity contribution in [3.63, 3.8) is 0 Å². The molecular formula is C11H13N3O2. The lowest BCUT2D eigenvalue weighted by atomic mass is 9.97. The SMILES string of the molecule is O=c1ncc2ccc(C3CCOCC3)n2[nH]1. The summed E-state index contributed by atoms with van der Waals surface area (Å²) in [5.74, 6) is 0.467. The van der Waals surface area contributed by atoms with E-state index >= 15 is 0 Å². The number of H-pyrrole nitrogens is 1. The zero-order valence-electron chi connectivity index (χ0n) is 8.85. The second-order valence-corrected chi connectivity index (χ2v) is 4.08. The van der Waals surface area contributed by atoms with Crippen molar-refractivity contribution in [2.24, 2.45) is 0 Å². The minimum atomic E-state index is -0.308. The van der Waals surface area contributed by atoms with Crippen LogP contribution >= 0.6 is 0 Å². The van der Waals surface area contributed by atoms with E-state index in [0.29, 0.717) is 5.92 Å². The zero-order chi connectivity index (χ0) is 11.0. The van der Waals surface area contributed by atoms with Crippen molar-refractivity contribution in [2.45, 2.75) is 18.8 Å². The van der Waals surface area contributed by atoms with Crippen molar-refractivity contribution >= 4 is 5.52 Å². The highest BCUT2D eigenvalue weighted by atomic mass is 16.5. The smallest absolute Gasteiger partial charge is 0.360 e. The van der Waals surface area contributed by atoms with Crippen molar-refractivity contribution in [1.29, 1.82) is 0 Å². The van der Waals surface area contributed by atoms with Crippen molar-refractivity contribution in [3.8, 4) is 0 Å². The van der Waals surface area contributed by atoms with Gasteiger partial charge in [-0.1, -0.05) is 0 Å². The minimum Gasteiger partial charge on any atom is -0.381 e. The van der Waals surface area contributed by atoms with Gasteiger partial charge in [0.2, 0.25) is 0 Å². The molecule has 1 N–H and O–H groups in total. The van der Waals surface area contributed by atoms with Crippen LogP contribution in [0.2, 0.25) is 0 Å². The summed E-state index contributed by atoms with van der Waals surface area (Å²) in [4.78, 5) is 14.9. The summed E-state index contributed by atoms with van der Waals surface area (Å²) < 4.78 is 7.18. The second-order valence-electron chi connectivity index (χ2n) is 4.08. The number of fused-ring (bicyclic) bond motifs is 1. The first-order chi connectivity index (χ1) is 7.84. The highest BCUT2D eigenvalue weighted by Gasteiger charge is 2.19. The van der Waals surface area contributed by atoms with Crippen LogP contribution in [-0.2, 0) is 4.74 Å². The number of nitrogens with zero attached hydrogens (tertiary/aromatic N) is 2.